The van der Waals surface area contributed by atoms with Crippen molar-refractivity contribution in [1.82, 2.24) is 4.98 Å². The fraction of sp³-hybridized carbons (Fsp3) is 0.185. The molecular weight excluding hydrogens is 434 g/mol. The van der Waals surface area contributed by atoms with Crippen LogP contribution < -0.4 is 4.74 Å². The van der Waals surface area contributed by atoms with Gasteiger partial charge in [0, 0.05) is 17.1 Å². The number of fused-ring (bicyclic) bond motifs is 1. The van der Waals surface area contributed by atoms with E-state index in [1.165, 1.54) is 18.3 Å². The molecule has 0 saturated carbocycles. The summed E-state index contributed by atoms with van der Waals surface area (Å²) in [6, 6.07) is 17.0. The van der Waals surface area contributed by atoms with Gasteiger partial charge in [-0.2, -0.15) is 0 Å². The van der Waals surface area contributed by atoms with E-state index in [1.54, 1.807) is 36.4 Å². The lowest BCUT2D eigenvalue weighted by atomic mass is 9.99. The van der Waals surface area contributed by atoms with E-state index in [0.29, 0.717) is 28.8 Å². The summed E-state index contributed by atoms with van der Waals surface area (Å²) in [5, 5.41) is 0.429. The van der Waals surface area contributed by atoms with Crippen molar-refractivity contribution in [2.24, 2.45) is 0 Å². The number of carbonyl (C=O) groups excluding carboxylic acids is 1. The first-order valence-corrected chi connectivity index (χ1v) is 12.2. The molecule has 0 unspecified atom stereocenters. The van der Waals surface area contributed by atoms with Crippen molar-refractivity contribution in [2.45, 2.75) is 37.5 Å². The lowest BCUT2D eigenvalue weighted by Crippen LogP contribution is -2.13. The molecule has 0 amide bonds. The number of hydrogen-bond acceptors (Lipinski definition) is 5. The second kappa shape index (κ2) is 8.79. The van der Waals surface area contributed by atoms with Gasteiger partial charge in [0.25, 0.3) is 0 Å². The molecule has 168 valence electrons. The van der Waals surface area contributed by atoms with Crippen LogP contribution in [0.1, 0.15) is 39.5 Å². The smallest absolute Gasteiger partial charge is 0.208 e. The number of ketones is 1. The third kappa shape index (κ3) is 4.26. The topological polar surface area (TPSA) is 73.3 Å². The van der Waals surface area contributed by atoms with Crippen molar-refractivity contribution < 1.29 is 17.9 Å². The van der Waals surface area contributed by atoms with Gasteiger partial charge >= 0.3 is 0 Å². The summed E-state index contributed by atoms with van der Waals surface area (Å²) in [5.74, 6) is 0.205. The second-order valence-corrected chi connectivity index (χ2v) is 9.94. The van der Waals surface area contributed by atoms with Gasteiger partial charge in [-0.05, 0) is 81.3 Å². The van der Waals surface area contributed by atoms with Gasteiger partial charge in [0.1, 0.15) is 5.75 Å². The standard InChI is InChI=1S/C27H25NO4S/c1-5-32-21-9-11-22(12-10-21)33(30,31)27-23-14-17(2)6-13-25(23)28-16-24(27)26(29)20-8-7-18(3)19(4)15-20/h6-16H,5H2,1-4H3. The third-order valence-electron chi connectivity index (χ3n) is 5.70. The fourth-order valence-electron chi connectivity index (χ4n) is 3.77. The zero-order chi connectivity index (χ0) is 23.8. The molecule has 0 atom stereocenters. The Bertz CT molecular complexity index is 1470. The van der Waals surface area contributed by atoms with Gasteiger partial charge in [-0.25, -0.2) is 8.42 Å². The molecule has 0 saturated heterocycles. The average molecular weight is 460 g/mol. The molecule has 4 aromatic rings. The normalized spacial score (nSPS) is 11.5. The Morgan fingerprint density at radius 1 is 0.909 bits per heavy atom. The van der Waals surface area contributed by atoms with Crippen molar-refractivity contribution in [2.75, 3.05) is 6.61 Å². The number of ether oxygens (including phenoxy) is 1. The first-order valence-electron chi connectivity index (χ1n) is 10.7. The van der Waals surface area contributed by atoms with E-state index in [-0.39, 0.29) is 21.1 Å². The Labute approximate surface area is 194 Å². The molecule has 0 aliphatic heterocycles. The van der Waals surface area contributed by atoms with Crippen LogP contribution in [0.4, 0.5) is 0 Å². The summed E-state index contributed by atoms with van der Waals surface area (Å²) in [7, 11) is -4.03. The van der Waals surface area contributed by atoms with Gasteiger partial charge < -0.3 is 4.74 Å². The number of hydrogen-bond donors (Lipinski definition) is 0. The molecular formula is C27H25NO4S. The Kier molecular flexibility index (Phi) is 6.04. The van der Waals surface area contributed by atoms with Crippen molar-refractivity contribution in [3.63, 3.8) is 0 Å². The Balaban J connectivity index is 1.97. The number of aromatic nitrogens is 1. The molecule has 0 aliphatic carbocycles. The third-order valence-corrected chi connectivity index (χ3v) is 7.57. The largest absolute Gasteiger partial charge is 0.494 e. The van der Waals surface area contributed by atoms with Crippen LogP contribution in [-0.2, 0) is 9.84 Å². The number of pyridine rings is 1. The van der Waals surface area contributed by atoms with Gasteiger partial charge in [-0.1, -0.05) is 23.8 Å². The highest BCUT2D eigenvalue weighted by atomic mass is 32.2. The average Bonchev–Trinajstić information content (AvgIpc) is 2.80. The molecule has 0 spiro atoms. The van der Waals surface area contributed by atoms with Crippen molar-refractivity contribution in [3.05, 3.63) is 94.7 Å². The van der Waals surface area contributed by atoms with E-state index in [0.717, 1.165) is 16.7 Å². The molecule has 0 N–H and O–H groups in total. The predicted octanol–water partition coefficient (Wildman–Crippen LogP) is 5.62. The maximum Gasteiger partial charge on any atom is 0.208 e. The Hall–Kier alpha value is -3.51. The van der Waals surface area contributed by atoms with E-state index in [9.17, 15) is 13.2 Å². The highest BCUT2D eigenvalue weighted by Crippen LogP contribution is 2.33. The van der Waals surface area contributed by atoms with Crippen molar-refractivity contribution in [3.8, 4) is 5.75 Å². The monoisotopic (exact) mass is 459 g/mol. The molecule has 3 aromatic carbocycles. The van der Waals surface area contributed by atoms with Gasteiger partial charge in [0.15, 0.2) is 5.78 Å². The number of nitrogens with zero attached hydrogens (tertiary/aromatic N) is 1. The molecule has 0 bridgehead atoms. The van der Waals surface area contributed by atoms with E-state index < -0.39 is 9.84 Å². The van der Waals surface area contributed by atoms with Gasteiger partial charge in [-0.15, -0.1) is 0 Å². The number of sulfone groups is 1. The van der Waals surface area contributed by atoms with Gasteiger partial charge in [0.2, 0.25) is 9.84 Å². The van der Waals surface area contributed by atoms with Gasteiger partial charge in [-0.3, -0.25) is 9.78 Å². The lowest BCUT2D eigenvalue weighted by Gasteiger charge is -2.14. The Morgan fingerprint density at radius 2 is 1.64 bits per heavy atom. The summed E-state index contributed by atoms with van der Waals surface area (Å²) in [6.45, 7) is 8.11. The number of aryl methyl sites for hydroxylation is 3. The maximum absolute atomic E-state index is 13.9. The predicted molar refractivity (Wildman–Crippen MR) is 129 cm³/mol. The second-order valence-electron chi connectivity index (χ2n) is 8.06. The summed E-state index contributed by atoms with van der Waals surface area (Å²) < 4.78 is 33.2. The molecule has 0 fully saturated rings. The lowest BCUT2D eigenvalue weighted by molar-refractivity contribution is 0.103. The molecule has 6 heteroatoms. The number of carbonyl (C=O) groups is 1. The SMILES string of the molecule is CCOc1ccc(S(=O)(=O)c2c(C(=O)c3ccc(C)c(C)c3)cnc3ccc(C)cc23)cc1. The van der Waals surface area contributed by atoms with E-state index in [1.807, 2.05) is 39.8 Å². The van der Waals surface area contributed by atoms with Crippen LogP contribution in [0.25, 0.3) is 10.9 Å². The molecule has 4 rings (SSSR count). The minimum absolute atomic E-state index is 0.0245. The summed E-state index contributed by atoms with van der Waals surface area (Å²) >= 11 is 0. The number of rotatable bonds is 6. The van der Waals surface area contributed by atoms with Crippen LogP contribution in [0, 0.1) is 20.8 Å². The molecule has 1 heterocycles. The van der Waals surface area contributed by atoms with Crippen LogP contribution in [0.2, 0.25) is 0 Å². The van der Waals surface area contributed by atoms with Gasteiger partial charge in [0.05, 0.1) is 27.5 Å². The highest BCUT2D eigenvalue weighted by Gasteiger charge is 2.28. The maximum atomic E-state index is 13.9. The van der Waals surface area contributed by atoms with Crippen LogP contribution in [-0.4, -0.2) is 25.8 Å². The molecule has 0 radical (unpaired) electrons. The van der Waals surface area contributed by atoms with Crippen molar-refractivity contribution >= 4 is 26.5 Å². The molecule has 1 aromatic heterocycles. The minimum atomic E-state index is -4.03. The van der Waals surface area contributed by atoms with E-state index in [4.69, 9.17) is 4.74 Å². The zero-order valence-electron chi connectivity index (χ0n) is 19.0. The molecule has 5 nitrogen and oxygen atoms in total. The molecule has 33 heavy (non-hydrogen) atoms. The van der Waals surface area contributed by atoms with Crippen LogP contribution in [0.15, 0.2) is 76.7 Å². The Morgan fingerprint density at radius 3 is 2.30 bits per heavy atom. The van der Waals surface area contributed by atoms with E-state index >= 15 is 0 Å². The van der Waals surface area contributed by atoms with E-state index in [2.05, 4.69) is 4.98 Å². The van der Waals surface area contributed by atoms with Crippen LogP contribution in [0.5, 0.6) is 5.75 Å². The quantitative estimate of drug-likeness (QED) is 0.350. The molecule has 0 aliphatic rings. The summed E-state index contributed by atoms with van der Waals surface area (Å²) in [4.78, 5) is 18.0. The fourth-order valence-corrected chi connectivity index (χ4v) is 5.39. The summed E-state index contributed by atoms with van der Waals surface area (Å²) in [6.07, 6.45) is 1.37. The first-order chi connectivity index (χ1) is 15.7. The van der Waals surface area contributed by atoms with Crippen LogP contribution in [0.3, 0.4) is 0 Å². The van der Waals surface area contributed by atoms with Crippen LogP contribution >= 0.6 is 0 Å². The highest BCUT2D eigenvalue weighted by molar-refractivity contribution is 7.91. The zero-order valence-corrected chi connectivity index (χ0v) is 19.9. The number of benzene rings is 3. The minimum Gasteiger partial charge on any atom is -0.494 e. The summed E-state index contributed by atoms with van der Waals surface area (Å²) in [5.41, 5.74) is 3.90. The first kappa shape index (κ1) is 22.7. The van der Waals surface area contributed by atoms with Crippen molar-refractivity contribution in [1.29, 1.82) is 0 Å².